The molecule has 1 aromatic carbocycles. The summed E-state index contributed by atoms with van der Waals surface area (Å²) in [6.45, 7) is 2.63. The van der Waals surface area contributed by atoms with Crippen molar-refractivity contribution in [2.45, 2.75) is 13.0 Å². The topological polar surface area (TPSA) is 67.2 Å². The first-order chi connectivity index (χ1) is 8.43. The van der Waals surface area contributed by atoms with E-state index in [2.05, 4.69) is 10.6 Å². The Balaban J connectivity index is 2.64. The highest BCUT2D eigenvalue weighted by Crippen LogP contribution is 2.32. The summed E-state index contributed by atoms with van der Waals surface area (Å²) >= 11 is 11.8. The van der Waals surface area contributed by atoms with Gasteiger partial charge >= 0.3 is 6.03 Å². The minimum Gasteiger partial charge on any atom is -0.352 e. The molecule has 0 aliphatic heterocycles. The maximum absolute atomic E-state index is 13.3. The number of nitrogens with one attached hydrogen (secondary N) is 2. The molecule has 18 heavy (non-hydrogen) atoms. The van der Waals surface area contributed by atoms with Gasteiger partial charge in [-0.1, -0.05) is 23.2 Å². The molecule has 4 nitrogen and oxygen atoms in total. The molecule has 100 valence electrons. The molecule has 0 fully saturated rings. The molecule has 0 saturated heterocycles. The Morgan fingerprint density at radius 1 is 1.44 bits per heavy atom. The zero-order chi connectivity index (χ0) is 13.7. The molecule has 0 radical (unpaired) electrons. The number of urea groups is 1. The molecule has 0 saturated carbocycles. The number of nitrogens with two attached hydrogens (primary N) is 1. The molecule has 1 unspecified atom stereocenters. The van der Waals surface area contributed by atoms with Gasteiger partial charge in [-0.25, -0.2) is 9.18 Å². The molecule has 1 rings (SSSR count). The highest BCUT2D eigenvalue weighted by molar-refractivity contribution is 6.36. The minimum absolute atomic E-state index is 0.00496. The summed E-state index contributed by atoms with van der Waals surface area (Å²) in [5.74, 6) is -0.514. The molecular formula is C11H14Cl2FN3O. The Bertz CT molecular complexity index is 443. The summed E-state index contributed by atoms with van der Waals surface area (Å²) < 4.78 is 13.3. The van der Waals surface area contributed by atoms with Crippen LogP contribution in [0.4, 0.5) is 9.18 Å². The van der Waals surface area contributed by atoms with E-state index in [1.54, 1.807) is 6.92 Å². The van der Waals surface area contributed by atoms with Gasteiger partial charge in [0.05, 0.1) is 5.02 Å². The van der Waals surface area contributed by atoms with E-state index < -0.39 is 11.8 Å². The molecule has 0 heterocycles. The monoisotopic (exact) mass is 293 g/mol. The van der Waals surface area contributed by atoms with Crippen LogP contribution in [-0.2, 0) is 0 Å². The van der Waals surface area contributed by atoms with Gasteiger partial charge in [-0.15, -0.1) is 0 Å². The molecule has 2 amide bonds. The van der Waals surface area contributed by atoms with Gasteiger partial charge < -0.3 is 16.4 Å². The van der Waals surface area contributed by atoms with Gasteiger partial charge in [0.25, 0.3) is 0 Å². The zero-order valence-corrected chi connectivity index (χ0v) is 11.3. The van der Waals surface area contributed by atoms with Crippen molar-refractivity contribution in [1.29, 1.82) is 0 Å². The first-order valence-corrected chi connectivity index (χ1v) is 6.09. The first kappa shape index (κ1) is 15.0. The van der Waals surface area contributed by atoms with Crippen LogP contribution in [0.5, 0.6) is 0 Å². The van der Waals surface area contributed by atoms with Crippen LogP contribution in [-0.4, -0.2) is 19.1 Å². The smallest absolute Gasteiger partial charge is 0.312 e. The molecule has 0 bridgehead atoms. The van der Waals surface area contributed by atoms with E-state index in [1.165, 1.54) is 12.1 Å². The normalized spacial score (nSPS) is 12.2. The summed E-state index contributed by atoms with van der Waals surface area (Å²) in [4.78, 5) is 10.5. The molecular weight excluding hydrogens is 280 g/mol. The van der Waals surface area contributed by atoms with E-state index in [0.717, 1.165) is 0 Å². The second-order valence-electron chi connectivity index (χ2n) is 3.72. The van der Waals surface area contributed by atoms with Crippen LogP contribution in [0.1, 0.15) is 18.5 Å². The zero-order valence-electron chi connectivity index (χ0n) is 9.77. The van der Waals surface area contributed by atoms with Gasteiger partial charge in [0.1, 0.15) is 5.82 Å². The van der Waals surface area contributed by atoms with Crippen molar-refractivity contribution in [2.75, 3.05) is 13.1 Å². The van der Waals surface area contributed by atoms with E-state index in [0.29, 0.717) is 23.7 Å². The lowest BCUT2D eigenvalue weighted by molar-refractivity contribution is 0.249. The van der Waals surface area contributed by atoms with Crippen LogP contribution < -0.4 is 16.4 Å². The van der Waals surface area contributed by atoms with E-state index in [-0.39, 0.29) is 11.1 Å². The van der Waals surface area contributed by atoms with Gasteiger partial charge in [0.15, 0.2) is 0 Å². The molecule has 0 aliphatic rings. The molecule has 0 aliphatic carbocycles. The SMILES string of the molecule is CC(NCCNC(N)=O)c1c(Cl)ccc(F)c1Cl. The van der Waals surface area contributed by atoms with Crippen molar-refractivity contribution in [2.24, 2.45) is 5.73 Å². The average Bonchev–Trinajstić information content (AvgIpc) is 2.30. The summed E-state index contributed by atoms with van der Waals surface area (Å²) in [5, 5.41) is 5.88. The number of rotatable bonds is 5. The van der Waals surface area contributed by atoms with Crippen LogP contribution in [0.3, 0.4) is 0 Å². The van der Waals surface area contributed by atoms with Crippen molar-refractivity contribution in [3.63, 3.8) is 0 Å². The van der Waals surface area contributed by atoms with E-state index >= 15 is 0 Å². The van der Waals surface area contributed by atoms with Crippen molar-refractivity contribution >= 4 is 29.2 Å². The highest BCUT2D eigenvalue weighted by atomic mass is 35.5. The lowest BCUT2D eigenvalue weighted by atomic mass is 10.1. The summed E-state index contributed by atoms with van der Waals surface area (Å²) in [6, 6.07) is 1.84. The third kappa shape index (κ3) is 4.01. The number of primary amides is 1. The number of hydrogen-bond acceptors (Lipinski definition) is 2. The van der Waals surface area contributed by atoms with Crippen molar-refractivity contribution < 1.29 is 9.18 Å². The summed E-state index contributed by atoms with van der Waals surface area (Å²) in [7, 11) is 0. The second kappa shape index (κ2) is 6.78. The number of carbonyl (C=O) groups is 1. The van der Waals surface area contributed by atoms with Gasteiger partial charge in [0.2, 0.25) is 0 Å². The Labute approximate surface area is 115 Å². The quantitative estimate of drug-likeness (QED) is 0.577. The molecule has 1 atom stereocenters. The molecule has 4 N–H and O–H groups in total. The standard InChI is InChI=1S/C11H14Cl2FN3O/c1-6(16-4-5-17-11(15)18)9-7(12)2-3-8(14)10(9)13/h2-3,6,16H,4-5H2,1H3,(H3,15,17,18). The lowest BCUT2D eigenvalue weighted by Gasteiger charge is -2.17. The number of halogens is 3. The first-order valence-electron chi connectivity index (χ1n) is 5.33. The minimum atomic E-state index is -0.591. The van der Waals surface area contributed by atoms with E-state index in [4.69, 9.17) is 28.9 Å². The number of hydrogen-bond donors (Lipinski definition) is 3. The Kier molecular flexibility index (Phi) is 5.65. The predicted molar refractivity (Wildman–Crippen MR) is 70.4 cm³/mol. The fourth-order valence-corrected chi connectivity index (χ4v) is 2.21. The number of benzene rings is 1. The van der Waals surface area contributed by atoms with E-state index in [9.17, 15) is 9.18 Å². The molecule has 0 spiro atoms. The largest absolute Gasteiger partial charge is 0.352 e. The maximum atomic E-state index is 13.3. The van der Waals surface area contributed by atoms with Crippen molar-refractivity contribution in [3.8, 4) is 0 Å². The van der Waals surface area contributed by atoms with Gasteiger partial charge in [-0.3, -0.25) is 0 Å². The van der Waals surface area contributed by atoms with Crippen LogP contribution in [0.2, 0.25) is 10.0 Å². The van der Waals surface area contributed by atoms with Crippen LogP contribution in [0, 0.1) is 5.82 Å². The molecule has 1 aromatic rings. The molecule has 0 aromatic heterocycles. The molecule has 7 heteroatoms. The number of amides is 2. The fourth-order valence-electron chi connectivity index (χ4n) is 1.52. The second-order valence-corrected chi connectivity index (χ2v) is 4.51. The fraction of sp³-hybridized carbons (Fsp3) is 0.364. The van der Waals surface area contributed by atoms with Gasteiger partial charge in [-0.05, 0) is 19.1 Å². The Morgan fingerprint density at radius 3 is 2.72 bits per heavy atom. The predicted octanol–water partition coefficient (Wildman–Crippen LogP) is 2.45. The Hall–Kier alpha value is -1.04. The van der Waals surface area contributed by atoms with Gasteiger partial charge in [-0.2, -0.15) is 0 Å². The maximum Gasteiger partial charge on any atom is 0.312 e. The van der Waals surface area contributed by atoms with Crippen LogP contribution >= 0.6 is 23.2 Å². The van der Waals surface area contributed by atoms with Gasteiger partial charge in [0, 0.05) is 29.7 Å². The van der Waals surface area contributed by atoms with E-state index in [1.807, 2.05) is 0 Å². The summed E-state index contributed by atoms with van der Waals surface area (Å²) in [5.41, 5.74) is 5.42. The number of carbonyl (C=O) groups excluding carboxylic acids is 1. The average molecular weight is 294 g/mol. The van der Waals surface area contributed by atoms with Crippen LogP contribution in [0.25, 0.3) is 0 Å². The van der Waals surface area contributed by atoms with Crippen molar-refractivity contribution in [3.05, 3.63) is 33.6 Å². The van der Waals surface area contributed by atoms with Crippen LogP contribution in [0.15, 0.2) is 12.1 Å². The third-order valence-electron chi connectivity index (χ3n) is 2.39. The highest BCUT2D eigenvalue weighted by Gasteiger charge is 2.16. The lowest BCUT2D eigenvalue weighted by Crippen LogP contribution is -2.36. The summed E-state index contributed by atoms with van der Waals surface area (Å²) in [6.07, 6.45) is 0. The third-order valence-corrected chi connectivity index (χ3v) is 3.10. The van der Waals surface area contributed by atoms with Crippen molar-refractivity contribution in [1.82, 2.24) is 10.6 Å². The Morgan fingerprint density at radius 2 is 2.11 bits per heavy atom.